The first-order valence-corrected chi connectivity index (χ1v) is 7.88. The summed E-state index contributed by atoms with van der Waals surface area (Å²) in [6.45, 7) is 3.03. The molecule has 0 aliphatic heterocycles. The van der Waals surface area contributed by atoms with Crippen LogP contribution in [0.1, 0.15) is 23.7 Å². The van der Waals surface area contributed by atoms with E-state index in [1.807, 2.05) is 12.1 Å². The predicted molar refractivity (Wildman–Crippen MR) is 92.3 cm³/mol. The highest BCUT2D eigenvalue weighted by atomic mass is 79.9. The minimum Gasteiger partial charge on any atom is -0.385 e. The minimum absolute atomic E-state index is 0.167. The van der Waals surface area contributed by atoms with E-state index in [9.17, 15) is 4.79 Å². The van der Waals surface area contributed by atoms with Gasteiger partial charge in [-0.15, -0.1) is 0 Å². The normalized spacial score (nSPS) is 10.2. The summed E-state index contributed by atoms with van der Waals surface area (Å²) in [5.41, 5.74) is 2.27. The number of hydrogen-bond acceptors (Lipinski definition) is 2. The molecule has 0 saturated heterocycles. The van der Waals surface area contributed by atoms with Crippen LogP contribution in [0, 0.1) is 0 Å². The van der Waals surface area contributed by atoms with E-state index in [1.165, 1.54) is 0 Å². The maximum Gasteiger partial charge on any atom is 0.255 e. The largest absolute Gasteiger partial charge is 0.385 e. The van der Waals surface area contributed by atoms with Gasteiger partial charge in [-0.25, -0.2) is 0 Å². The number of hydrogen-bond donors (Lipinski definition) is 2. The number of anilines is 2. The fourth-order valence-electron chi connectivity index (χ4n) is 1.80. The van der Waals surface area contributed by atoms with Crippen molar-refractivity contribution in [3.8, 4) is 0 Å². The zero-order chi connectivity index (χ0) is 15.2. The summed E-state index contributed by atoms with van der Waals surface area (Å²) >= 11 is 9.37. The number of carbonyl (C=O) groups excluding carboxylic acids is 1. The van der Waals surface area contributed by atoms with Gasteiger partial charge in [-0.3, -0.25) is 4.79 Å². The van der Waals surface area contributed by atoms with Crippen molar-refractivity contribution in [2.45, 2.75) is 13.3 Å². The molecule has 2 rings (SSSR count). The Bertz CT molecular complexity index is 629. The lowest BCUT2D eigenvalue weighted by atomic mass is 10.2. The molecule has 2 aromatic rings. The zero-order valence-electron chi connectivity index (χ0n) is 11.6. The van der Waals surface area contributed by atoms with Crippen LogP contribution in [-0.2, 0) is 0 Å². The molecular formula is C16H16BrClN2O. The Hall–Kier alpha value is -1.52. The molecule has 2 N–H and O–H groups in total. The van der Waals surface area contributed by atoms with Crippen molar-refractivity contribution in [3.63, 3.8) is 0 Å². The van der Waals surface area contributed by atoms with Crippen molar-refractivity contribution in [2.75, 3.05) is 17.2 Å². The summed E-state index contributed by atoms with van der Waals surface area (Å²) in [6, 6.07) is 12.7. The quantitative estimate of drug-likeness (QED) is 0.765. The molecule has 0 aliphatic rings. The lowest BCUT2D eigenvalue weighted by Gasteiger charge is -2.09. The third kappa shape index (κ3) is 4.22. The zero-order valence-corrected chi connectivity index (χ0v) is 14.0. The SMILES string of the molecule is CCCNc1ccc(C(=O)Nc2cccc(Cl)c2Br)cc1. The number of halogens is 2. The Morgan fingerprint density at radius 2 is 1.90 bits per heavy atom. The third-order valence-corrected chi connectivity index (χ3v) is 4.32. The summed E-state index contributed by atoms with van der Waals surface area (Å²) in [6.07, 6.45) is 1.06. The monoisotopic (exact) mass is 366 g/mol. The summed E-state index contributed by atoms with van der Waals surface area (Å²) in [5, 5.41) is 6.67. The number of nitrogens with one attached hydrogen (secondary N) is 2. The molecule has 0 heterocycles. The number of rotatable bonds is 5. The second-order valence-corrected chi connectivity index (χ2v) is 5.76. The fraction of sp³-hybridized carbons (Fsp3) is 0.188. The van der Waals surface area contributed by atoms with Crippen LogP contribution in [0.4, 0.5) is 11.4 Å². The van der Waals surface area contributed by atoms with E-state index in [0.717, 1.165) is 18.7 Å². The van der Waals surface area contributed by atoms with Crippen molar-refractivity contribution >= 4 is 44.8 Å². The van der Waals surface area contributed by atoms with E-state index in [0.29, 0.717) is 20.7 Å². The Balaban J connectivity index is 2.08. The van der Waals surface area contributed by atoms with Gasteiger partial charge in [0.05, 0.1) is 15.2 Å². The Labute approximate surface area is 137 Å². The molecule has 0 aliphatic carbocycles. The van der Waals surface area contributed by atoms with E-state index in [2.05, 4.69) is 33.5 Å². The molecule has 0 saturated carbocycles. The second-order valence-electron chi connectivity index (χ2n) is 4.56. The minimum atomic E-state index is -0.167. The average molecular weight is 368 g/mol. The summed E-state index contributed by atoms with van der Waals surface area (Å²) in [7, 11) is 0. The van der Waals surface area contributed by atoms with Crippen molar-refractivity contribution in [3.05, 3.63) is 57.5 Å². The second kappa shape index (κ2) is 7.48. The molecule has 0 bridgehead atoms. The number of amides is 1. The van der Waals surface area contributed by atoms with Crippen LogP contribution in [-0.4, -0.2) is 12.5 Å². The van der Waals surface area contributed by atoms with Gasteiger partial charge in [0.25, 0.3) is 5.91 Å². The Kier molecular flexibility index (Phi) is 5.65. The highest BCUT2D eigenvalue weighted by Gasteiger charge is 2.09. The summed E-state index contributed by atoms with van der Waals surface area (Å²) < 4.78 is 0.682. The van der Waals surface area contributed by atoms with E-state index in [4.69, 9.17) is 11.6 Å². The molecular weight excluding hydrogens is 352 g/mol. The fourth-order valence-corrected chi connectivity index (χ4v) is 2.34. The number of benzene rings is 2. The first-order chi connectivity index (χ1) is 10.1. The van der Waals surface area contributed by atoms with E-state index < -0.39 is 0 Å². The molecule has 2 aromatic carbocycles. The molecule has 21 heavy (non-hydrogen) atoms. The molecule has 0 fully saturated rings. The summed E-state index contributed by atoms with van der Waals surface area (Å²) in [5.74, 6) is -0.167. The van der Waals surface area contributed by atoms with Crippen LogP contribution >= 0.6 is 27.5 Å². The predicted octanol–water partition coefficient (Wildman–Crippen LogP) is 5.18. The van der Waals surface area contributed by atoms with E-state index in [-0.39, 0.29) is 5.91 Å². The third-order valence-electron chi connectivity index (χ3n) is 2.93. The average Bonchev–Trinajstić information content (AvgIpc) is 2.50. The first kappa shape index (κ1) is 15.9. The van der Waals surface area contributed by atoms with Gasteiger partial charge in [-0.2, -0.15) is 0 Å². The first-order valence-electron chi connectivity index (χ1n) is 6.71. The highest BCUT2D eigenvalue weighted by molar-refractivity contribution is 9.10. The smallest absolute Gasteiger partial charge is 0.255 e. The molecule has 110 valence electrons. The summed E-state index contributed by atoms with van der Waals surface area (Å²) in [4.78, 5) is 12.2. The number of carbonyl (C=O) groups is 1. The Morgan fingerprint density at radius 1 is 1.19 bits per heavy atom. The molecule has 0 spiro atoms. The van der Waals surface area contributed by atoms with Crippen LogP contribution in [0.3, 0.4) is 0 Å². The maximum atomic E-state index is 12.2. The molecule has 1 amide bonds. The van der Waals surface area contributed by atoms with Gasteiger partial charge >= 0.3 is 0 Å². The van der Waals surface area contributed by atoms with Gasteiger partial charge in [0.2, 0.25) is 0 Å². The topological polar surface area (TPSA) is 41.1 Å². The molecule has 0 unspecified atom stereocenters. The van der Waals surface area contributed by atoms with Crippen molar-refractivity contribution < 1.29 is 4.79 Å². The van der Waals surface area contributed by atoms with Crippen molar-refractivity contribution in [1.82, 2.24) is 0 Å². The van der Waals surface area contributed by atoms with Gasteiger partial charge in [0, 0.05) is 17.8 Å². The van der Waals surface area contributed by atoms with Crippen LogP contribution in [0.5, 0.6) is 0 Å². The van der Waals surface area contributed by atoms with Gasteiger partial charge in [0.1, 0.15) is 0 Å². The van der Waals surface area contributed by atoms with Gasteiger partial charge < -0.3 is 10.6 Å². The Morgan fingerprint density at radius 3 is 2.57 bits per heavy atom. The van der Waals surface area contributed by atoms with Crippen LogP contribution in [0.2, 0.25) is 5.02 Å². The lowest BCUT2D eigenvalue weighted by molar-refractivity contribution is 0.102. The van der Waals surface area contributed by atoms with Gasteiger partial charge in [-0.05, 0) is 58.7 Å². The van der Waals surface area contributed by atoms with Gasteiger partial charge in [-0.1, -0.05) is 24.6 Å². The van der Waals surface area contributed by atoms with Crippen molar-refractivity contribution in [1.29, 1.82) is 0 Å². The molecule has 3 nitrogen and oxygen atoms in total. The van der Waals surface area contributed by atoms with E-state index in [1.54, 1.807) is 30.3 Å². The van der Waals surface area contributed by atoms with Crippen LogP contribution in [0.25, 0.3) is 0 Å². The van der Waals surface area contributed by atoms with Crippen LogP contribution in [0.15, 0.2) is 46.9 Å². The molecule has 0 radical (unpaired) electrons. The molecule has 5 heteroatoms. The van der Waals surface area contributed by atoms with E-state index >= 15 is 0 Å². The molecule has 0 aromatic heterocycles. The highest BCUT2D eigenvalue weighted by Crippen LogP contribution is 2.30. The van der Waals surface area contributed by atoms with Gasteiger partial charge in [0.15, 0.2) is 0 Å². The lowest BCUT2D eigenvalue weighted by Crippen LogP contribution is -2.12. The van der Waals surface area contributed by atoms with Crippen molar-refractivity contribution in [2.24, 2.45) is 0 Å². The standard InChI is InChI=1S/C16H16BrClN2O/c1-2-10-19-12-8-6-11(7-9-12)16(21)20-14-5-3-4-13(18)15(14)17/h3-9,19H,2,10H2,1H3,(H,20,21). The van der Waals surface area contributed by atoms with Crippen LogP contribution < -0.4 is 10.6 Å². The maximum absolute atomic E-state index is 12.2. The molecule has 0 atom stereocenters.